The Kier molecular flexibility index (Phi) is 3.66. The minimum Gasteiger partial charge on any atom is -0.389 e. The van der Waals surface area contributed by atoms with Crippen LogP contribution in [0.1, 0.15) is 5.56 Å². The number of aromatic nitrogens is 1. The van der Waals surface area contributed by atoms with Crippen LogP contribution in [0.4, 0.5) is 24.7 Å². The largest absolute Gasteiger partial charge is 0.389 e. The van der Waals surface area contributed by atoms with Crippen LogP contribution in [-0.4, -0.2) is 9.97 Å². The van der Waals surface area contributed by atoms with Gasteiger partial charge in [-0.3, -0.25) is 0 Å². The number of hydrogen-bond donors (Lipinski definition) is 2. The zero-order valence-corrected chi connectivity index (χ0v) is 10.3. The maximum Gasteiger partial charge on any atom is 0.182 e. The summed E-state index contributed by atoms with van der Waals surface area (Å²) in [6.45, 7) is 0. The molecule has 1 heterocycles. The van der Waals surface area contributed by atoms with Crippen LogP contribution in [0.2, 0.25) is 0 Å². The highest BCUT2D eigenvalue weighted by molar-refractivity contribution is 7.80. The summed E-state index contributed by atoms with van der Waals surface area (Å²) in [4.78, 5) is 3.94. The molecule has 0 bridgehead atoms. The number of nitrogens with one attached hydrogen (secondary N) is 1. The second kappa shape index (κ2) is 5.23. The summed E-state index contributed by atoms with van der Waals surface area (Å²) in [5.74, 6) is -3.29. The van der Waals surface area contributed by atoms with E-state index in [0.29, 0.717) is 11.6 Å². The minimum atomic E-state index is -1.30. The fourth-order valence-corrected chi connectivity index (χ4v) is 1.64. The highest BCUT2D eigenvalue weighted by Crippen LogP contribution is 2.24. The molecule has 3 nitrogen and oxygen atoms in total. The average Bonchev–Trinajstić information content (AvgIpc) is 2.35. The van der Waals surface area contributed by atoms with E-state index in [1.807, 2.05) is 0 Å². The number of rotatable bonds is 3. The monoisotopic (exact) mass is 283 g/mol. The van der Waals surface area contributed by atoms with Crippen LogP contribution < -0.4 is 11.1 Å². The molecule has 0 radical (unpaired) electrons. The van der Waals surface area contributed by atoms with Gasteiger partial charge in [-0.15, -0.1) is 0 Å². The number of pyridine rings is 1. The summed E-state index contributed by atoms with van der Waals surface area (Å²) in [5.41, 5.74) is 5.44. The van der Waals surface area contributed by atoms with Gasteiger partial charge in [-0.2, -0.15) is 0 Å². The Labute approximate surface area is 112 Å². The standard InChI is InChI=1S/C12H8F3N3S/c13-6-4-8(14)10(15)9(5-6)18-12-7(11(16)19)2-1-3-17-12/h1-5H,(H2,16,19)(H,17,18). The predicted molar refractivity (Wildman–Crippen MR) is 69.7 cm³/mol. The highest BCUT2D eigenvalue weighted by atomic mass is 32.1. The SMILES string of the molecule is NC(=S)c1cccnc1Nc1cc(F)cc(F)c1F. The van der Waals surface area contributed by atoms with Gasteiger partial charge in [0.15, 0.2) is 11.6 Å². The summed E-state index contributed by atoms with van der Waals surface area (Å²) in [6.07, 6.45) is 1.41. The summed E-state index contributed by atoms with van der Waals surface area (Å²) >= 11 is 4.81. The average molecular weight is 283 g/mol. The Morgan fingerprint density at radius 3 is 2.68 bits per heavy atom. The molecule has 2 aromatic rings. The van der Waals surface area contributed by atoms with Crippen LogP contribution in [-0.2, 0) is 0 Å². The number of hydrogen-bond acceptors (Lipinski definition) is 3. The van der Waals surface area contributed by atoms with Crippen LogP contribution in [0.15, 0.2) is 30.5 Å². The molecule has 0 saturated carbocycles. The van der Waals surface area contributed by atoms with Crippen molar-refractivity contribution in [3.63, 3.8) is 0 Å². The molecule has 0 aliphatic heterocycles. The Balaban J connectivity index is 2.45. The lowest BCUT2D eigenvalue weighted by Crippen LogP contribution is -2.13. The summed E-state index contributed by atoms with van der Waals surface area (Å²) in [6, 6.07) is 4.41. The van der Waals surface area contributed by atoms with Crippen molar-refractivity contribution in [3.05, 3.63) is 53.5 Å². The lowest BCUT2D eigenvalue weighted by molar-refractivity contribution is 0.498. The molecule has 7 heteroatoms. The molecule has 0 amide bonds. The minimum absolute atomic E-state index is 0.0351. The van der Waals surface area contributed by atoms with E-state index in [1.165, 1.54) is 6.20 Å². The zero-order valence-electron chi connectivity index (χ0n) is 9.45. The van der Waals surface area contributed by atoms with Crippen LogP contribution in [0.3, 0.4) is 0 Å². The van der Waals surface area contributed by atoms with Gasteiger partial charge in [0.1, 0.15) is 16.6 Å². The third kappa shape index (κ3) is 2.82. The van der Waals surface area contributed by atoms with Crippen molar-refractivity contribution in [2.45, 2.75) is 0 Å². The lowest BCUT2D eigenvalue weighted by Gasteiger charge is -2.11. The van der Waals surface area contributed by atoms with Gasteiger partial charge in [-0.05, 0) is 12.1 Å². The van der Waals surface area contributed by atoms with Gasteiger partial charge < -0.3 is 11.1 Å². The van der Waals surface area contributed by atoms with E-state index in [2.05, 4.69) is 10.3 Å². The molecule has 2 rings (SSSR count). The van der Waals surface area contributed by atoms with Gasteiger partial charge >= 0.3 is 0 Å². The maximum atomic E-state index is 13.5. The van der Waals surface area contributed by atoms with E-state index in [1.54, 1.807) is 12.1 Å². The van der Waals surface area contributed by atoms with Crippen molar-refractivity contribution < 1.29 is 13.2 Å². The molecule has 0 saturated heterocycles. The number of anilines is 2. The Bertz CT molecular complexity index is 646. The molecule has 0 aliphatic rings. The number of benzene rings is 1. The van der Waals surface area contributed by atoms with Gasteiger partial charge in [-0.1, -0.05) is 12.2 Å². The Hall–Kier alpha value is -2.15. The van der Waals surface area contributed by atoms with Crippen molar-refractivity contribution in [2.75, 3.05) is 5.32 Å². The first kappa shape index (κ1) is 13.3. The van der Waals surface area contributed by atoms with Gasteiger partial charge in [0, 0.05) is 18.3 Å². The Morgan fingerprint density at radius 1 is 1.26 bits per heavy atom. The highest BCUT2D eigenvalue weighted by Gasteiger charge is 2.13. The van der Waals surface area contributed by atoms with Gasteiger partial charge in [0.2, 0.25) is 0 Å². The van der Waals surface area contributed by atoms with E-state index >= 15 is 0 Å². The molecule has 19 heavy (non-hydrogen) atoms. The summed E-state index contributed by atoms with van der Waals surface area (Å²) in [5, 5.41) is 2.47. The van der Waals surface area contributed by atoms with E-state index in [-0.39, 0.29) is 16.5 Å². The summed E-state index contributed by atoms with van der Waals surface area (Å²) < 4.78 is 39.6. The quantitative estimate of drug-likeness (QED) is 0.672. The fraction of sp³-hybridized carbons (Fsp3) is 0. The molecule has 1 aromatic carbocycles. The van der Waals surface area contributed by atoms with E-state index < -0.39 is 17.5 Å². The van der Waals surface area contributed by atoms with E-state index in [0.717, 1.165) is 6.07 Å². The van der Waals surface area contributed by atoms with Crippen LogP contribution in [0.5, 0.6) is 0 Å². The zero-order chi connectivity index (χ0) is 14.0. The Morgan fingerprint density at radius 2 is 2.00 bits per heavy atom. The normalized spacial score (nSPS) is 10.3. The second-order valence-corrected chi connectivity index (χ2v) is 4.08. The molecule has 3 N–H and O–H groups in total. The van der Waals surface area contributed by atoms with E-state index in [9.17, 15) is 13.2 Å². The number of halogens is 3. The third-order valence-corrected chi connectivity index (χ3v) is 2.54. The van der Waals surface area contributed by atoms with Gasteiger partial charge in [0.05, 0.1) is 11.3 Å². The summed E-state index contributed by atoms with van der Waals surface area (Å²) in [7, 11) is 0. The molecular formula is C12H8F3N3S. The second-order valence-electron chi connectivity index (χ2n) is 3.64. The first-order chi connectivity index (χ1) is 8.99. The predicted octanol–water partition coefficient (Wildman–Crippen LogP) is 2.88. The van der Waals surface area contributed by atoms with Crippen molar-refractivity contribution in [1.82, 2.24) is 4.98 Å². The van der Waals surface area contributed by atoms with Gasteiger partial charge in [-0.25, -0.2) is 18.2 Å². The van der Waals surface area contributed by atoms with Crippen molar-refractivity contribution in [3.8, 4) is 0 Å². The first-order valence-corrected chi connectivity index (χ1v) is 5.56. The molecular weight excluding hydrogens is 275 g/mol. The molecule has 0 aliphatic carbocycles. The number of nitrogens with two attached hydrogens (primary N) is 1. The molecule has 1 aromatic heterocycles. The smallest absolute Gasteiger partial charge is 0.182 e. The van der Waals surface area contributed by atoms with Crippen LogP contribution >= 0.6 is 12.2 Å². The van der Waals surface area contributed by atoms with Crippen LogP contribution in [0.25, 0.3) is 0 Å². The van der Waals surface area contributed by atoms with Crippen molar-refractivity contribution in [1.29, 1.82) is 0 Å². The number of nitrogens with zero attached hydrogens (tertiary/aromatic N) is 1. The molecule has 0 atom stereocenters. The van der Waals surface area contributed by atoms with Crippen molar-refractivity contribution in [2.24, 2.45) is 5.73 Å². The third-order valence-electron chi connectivity index (χ3n) is 2.32. The lowest BCUT2D eigenvalue weighted by atomic mass is 10.2. The van der Waals surface area contributed by atoms with Crippen LogP contribution in [0, 0.1) is 17.5 Å². The fourth-order valence-electron chi connectivity index (χ4n) is 1.48. The molecule has 0 fully saturated rings. The maximum absolute atomic E-state index is 13.5. The number of thiocarbonyl (C=S) groups is 1. The topological polar surface area (TPSA) is 50.9 Å². The molecule has 0 spiro atoms. The first-order valence-electron chi connectivity index (χ1n) is 5.15. The molecule has 98 valence electrons. The molecule has 0 unspecified atom stereocenters. The van der Waals surface area contributed by atoms with Crippen molar-refractivity contribution >= 4 is 28.7 Å². The van der Waals surface area contributed by atoms with E-state index in [4.69, 9.17) is 18.0 Å². The van der Waals surface area contributed by atoms with Gasteiger partial charge in [0.25, 0.3) is 0 Å².